The van der Waals surface area contributed by atoms with Crippen LogP contribution in [0.25, 0.3) is 0 Å². The number of benzene rings is 1. The minimum absolute atomic E-state index is 0.0773. The fourth-order valence-corrected chi connectivity index (χ4v) is 4.02. The molecule has 1 aliphatic heterocycles. The summed E-state index contributed by atoms with van der Waals surface area (Å²) in [7, 11) is 3.14. The molecule has 0 saturated heterocycles. The molecule has 162 valence electrons. The van der Waals surface area contributed by atoms with Crippen LogP contribution in [0.1, 0.15) is 5.56 Å². The molecule has 0 fully saturated rings. The summed E-state index contributed by atoms with van der Waals surface area (Å²) < 4.78 is 27.6. The van der Waals surface area contributed by atoms with E-state index in [9.17, 15) is 18.0 Å². The van der Waals surface area contributed by atoms with E-state index in [4.69, 9.17) is 0 Å². The maximum atomic E-state index is 12.7. The molecule has 30 heavy (non-hydrogen) atoms. The van der Waals surface area contributed by atoms with E-state index in [0.717, 1.165) is 16.4 Å². The van der Waals surface area contributed by atoms with Gasteiger partial charge in [0.05, 0.1) is 23.3 Å². The second kappa shape index (κ2) is 8.54. The van der Waals surface area contributed by atoms with E-state index in [1.165, 1.54) is 37.3 Å². The molecule has 0 aliphatic carbocycles. The number of amides is 2. The minimum atomic E-state index is -3.64. The quantitative estimate of drug-likeness (QED) is 0.652. The first kappa shape index (κ1) is 21.9. The first-order valence-corrected chi connectivity index (χ1v) is 10.9. The Kier molecular flexibility index (Phi) is 6.25. The molecule has 0 saturated carbocycles. The number of anilines is 2. The van der Waals surface area contributed by atoms with E-state index < -0.39 is 21.8 Å². The molecule has 0 spiro atoms. The zero-order valence-corrected chi connectivity index (χ0v) is 18.3. The van der Waals surface area contributed by atoms with Crippen LogP contribution in [0.3, 0.4) is 0 Å². The summed E-state index contributed by atoms with van der Waals surface area (Å²) in [5.41, 5.74) is 1.69. The largest absolute Gasteiger partial charge is 0.316 e. The van der Waals surface area contributed by atoms with Gasteiger partial charge in [-0.25, -0.2) is 12.7 Å². The third-order valence-corrected chi connectivity index (χ3v) is 6.65. The summed E-state index contributed by atoms with van der Waals surface area (Å²) >= 11 is 0. The first-order chi connectivity index (χ1) is 14.1. The highest BCUT2D eigenvalue weighted by molar-refractivity contribution is 7.89. The molecule has 0 bridgehead atoms. The number of carbonyl (C=O) groups is 2. The number of hydrogen-bond acceptors (Lipinski definition) is 6. The Bertz CT molecular complexity index is 1060. The lowest BCUT2D eigenvalue weighted by atomic mass is 10.2. The number of likely N-dealkylation sites (N-methyl/N-ethyl adjacent to an activating group) is 1. The van der Waals surface area contributed by atoms with E-state index in [2.05, 4.69) is 10.4 Å². The van der Waals surface area contributed by atoms with E-state index in [1.807, 2.05) is 19.0 Å². The lowest BCUT2D eigenvalue weighted by molar-refractivity contribution is -0.134. The molecule has 1 N–H and O–H groups in total. The monoisotopic (exact) mass is 434 g/mol. The topological polar surface area (TPSA) is 108 Å². The van der Waals surface area contributed by atoms with E-state index in [0.29, 0.717) is 30.9 Å². The molecule has 0 unspecified atom stereocenters. The highest BCUT2D eigenvalue weighted by atomic mass is 32.2. The van der Waals surface area contributed by atoms with Crippen LogP contribution in [0.4, 0.5) is 11.4 Å². The van der Waals surface area contributed by atoms with Crippen LogP contribution in [0, 0.1) is 0 Å². The van der Waals surface area contributed by atoms with Crippen LogP contribution in [0.2, 0.25) is 0 Å². The smallest absolute Gasteiger partial charge is 0.315 e. The Morgan fingerprint density at radius 3 is 2.60 bits per heavy atom. The summed E-state index contributed by atoms with van der Waals surface area (Å²) in [5, 5.41) is 6.74. The van der Waals surface area contributed by atoms with Gasteiger partial charge in [-0.3, -0.25) is 14.3 Å². The molecule has 1 aromatic carbocycles. The fourth-order valence-electron chi connectivity index (χ4n) is 3.10. The molecule has 1 aromatic heterocycles. The van der Waals surface area contributed by atoms with Crippen molar-refractivity contribution in [3.8, 4) is 0 Å². The van der Waals surface area contributed by atoms with E-state index in [1.54, 1.807) is 16.9 Å². The molecule has 2 aromatic rings. The van der Waals surface area contributed by atoms with Crippen LogP contribution >= 0.6 is 0 Å². The van der Waals surface area contributed by atoms with Crippen molar-refractivity contribution in [1.29, 1.82) is 0 Å². The summed E-state index contributed by atoms with van der Waals surface area (Å²) in [6.45, 7) is 1.76. The van der Waals surface area contributed by atoms with Crippen LogP contribution in [-0.4, -0.2) is 80.5 Å². The predicted octanol–water partition coefficient (Wildman–Crippen LogP) is 0.223. The molecule has 10 nitrogen and oxygen atoms in total. The van der Waals surface area contributed by atoms with Gasteiger partial charge in [-0.15, -0.1) is 0 Å². The number of hydrogen-bond donors (Lipinski definition) is 1. The maximum absolute atomic E-state index is 12.7. The van der Waals surface area contributed by atoms with Crippen molar-refractivity contribution in [1.82, 2.24) is 19.0 Å². The molecule has 1 aliphatic rings. The Morgan fingerprint density at radius 1 is 1.20 bits per heavy atom. The molecular formula is C19H26N6O4S. The summed E-state index contributed by atoms with van der Waals surface area (Å²) in [4.78, 5) is 28.7. The van der Waals surface area contributed by atoms with Gasteiger partial charge in [-0.1, -0.05) is 6.07 Å². The lowest BCUT2D eigenvalue weighted by Gasteiger charge is -2.18. The average Bonchev–Trinajstić information content (AvgIpc) is 3.31. The van der Waals surface area contributed by atoms with Crippen LogP contribution in [0.5, 0.6) is 0 Å². The maximum Gasteiger partial charge on any atom is 0.316 e. The summed E-state index contributed by atoms with van der Waals surface area (Å²) in [6.07, 6.45) is 3.70. The van der Waals surface area contributed by atoms with Gasteiger partial charge in [-0.05, 0) is 38.2 Å². The third kappa shape index (κ3) is 4.53. The molecule has 2 heterocycles. The van der Waals surface area contributed by atoms with Gasteiger partial charge in [-0.2, -0.15) is 5.10 Å². The molecule has 0 atom stereocenters. The second-order valence-electron chi connectivity index (χ2n) is 7.53. The number of rotatable bonds is 6. The molecular weight excluding hydrogens is 408 g/mol. The van der Waals surface area contributed by atoms with E-state index in [-0.39, 0.29) is 4.90 Å². The molecule has 2 amide bonds. The average molecular weight is 435 g/mol. The molecule has 11 heteroatoms. The second-order valence-corrected chi connectivity index (χ2v) is 9.69. The predicted molar refractivity (Wildman–Crippen MR) is 113 cm³/mol. The Hall–Kier alpha value is -2.76. The van der Waals surface area contributed by atoms with Crippen molar-refractivity contribution in [3.05, 3.63) is 36.2 Å². The Balaban J connectivity index is 1.74. The Labute approximate surface area is 176 Å². The zero-order valence-electron chi connectivity index (χ0n) is 17.5. The van der Waals surface area contributed by atoms with E-state index >= 15 is 0 Å². The van der Waals surface area contributed by atoms with Crippen molar-refractivity contribution >= 4 is 33.2 Å². The minimum Gasteiger partial charge on any atom is -0.315 e. The number of nitrogens with zero attached hydrogens (tertiary/aromatic N) is 5. The third-order valence-electron chi connectivity index (χ3n) is 4.84. The van der Waals surface area contributed by atoms with Crippen molar-refractivity contribution in [2.45, 2.75) is 17.9 Å². The van der Waals surface area contributed by atoms with Gasteiger partial charge in [0.1, 0.15) is 0 Å². The van der Waals surface area contributed by atoms with Crippen molar-refractivity contribution in [2.75, 3.05) is 51.5 Å². The van der Waals surface area contributed by atoms with Gasteiger partial charge >= 0.3 is 11.8 Å². The lowest BCUT2D eigenvalue weighted by Crippen LogP contribution is -2.38. The van der Waals surface area contributed by atoms with Gasteiger partial charge in [0, 0.05) is 39.1 Å². The highest BCUT2D eigenvalue weighted by Gasteiger charge is 2.31. The van der Waals surface area contributed by atoms with Gasteiger partial charge < -0.3 is 15.1 Å². The van der Waals surface area contributed by atoms with Crippen molar-refractivity contribution in [2.24, 2.45) is 0 Å². The number of sulfonamides is 1. The van der Waals surface area contributed by atoms with Crippen molar-refractivity contribution < 1.29 is 18.0 Å². The number of carbonyl (C=O) groups excluding carboxylic acids is 2. The van der Waals surface area contributed by atoms with Crippen molar-refractivity contribution in [3.63, 3.8) is 0 Å². The molecule has 3 rings (SSSR count). The van der Waals surface area contributed by atoms with Crippen LogP contribution in [0.15, 0.2) is 35.5 Å². The van der Waals surface area contributed by atoms with Gasteiger partial charge in [0.15, 0.2) is 0 Å². The molecule has 0 radical (unpaired) electrons. The number of nitrogens with one attached hydrogen (secondary N) is 1. The normalized spacial score (nSPS) is 13.7. The highest BCUT2D eigenvalue weighted by Crippen LogP contribution is 2.31. The SMILES string of the molecule is CN(C)CCn1cc(NC(=O)C(=O)N2CCc3ccc(S(=O)(=O)N(C)C)cc32)cn1. The van der Waals surface area contributed by atoms with Gasteiger partial charge in [0.2, 0.25) is 10.0 Å². The summed E-state index contributed by atoms with van der Waals surface area (Å²) in [6, 6.07) is 4.65. The van der Waals surface area contributed by atoms with Crippen LogP contribution in [-0.2, 0) is 32.6 Å². The number of fused-ring (bicyclic) bond motifs is 1. The van der Waals surface area contributed by atoms with Gasteiger partial charge in [0.25, 0.3) is 0 Å². The zero-order chi connectivity index (χ0) is 22.1. The van der Waals surface area contributed by atoms with Crippen LogP contribution < -0.4 is 10.2 Å². The first-order valence-electron chi connectivity index (χ1n) is 9.45. The number of aromatic nitrogens is 2. The Morgan fingerprint density at radius 2 is 1.93 bits per heavy atom. The fraction of sp³-hybridized carbons (Fsp3) is 0.421. The summed E-state index contributed by atoms with van der Waals surface area (Å²) in [5.74, 6) is -1.54. The standard InChI is InChI=1S/C19H26N6O4S/c1-22(2)9-10-24-13-15(12-20-24)21-18(26)19(27)25-8-7-14-5-6-16(11-17(14)25)30(28,29)23(3)4/h5-6,11-13H,7-10H2,1-4H3,(H,21,26).